The maximum atomic E-state index is 17.4. The summed E-state index contributed by atoms with van der Waals surface area (Å²) in [6.07, 6.45) is 9.40. The van der Waals surface area contributed by atoms with Crippen LogP contribution in [0.1, 0.15) is 77.2 Å². The Bertz CT molecular complexity index is 2210. The lowest BCUT2D eigenvalue weighted by molar-refractivity contribution is 0.0223. The number of nitriles is 1. The van der Waals surface area contributed by atoms with Crippen LogP contribution in [-0.2, 0) is 15.9 Å². The number of rotatable bonds is 9. The fraction of sp³-hybridized carbons (Fsp3) is 0.524. The van der Waals surface area contributed by atoms with E-state index in [-0.39, 0.29) is 64.6 Å². The largest absolute Gasteiger partial charge is 0.449 e. The van der Waals surface area contributed by atoms with Crippen molar-refractivity contribution in [3.8, 4) is 17.2 Å². The summed E-state index contributed by atoms with van der Waals surface area (Å²) in [6.45, 7) is 10.9. The van der Waals surface area contributed by atoms with Crippen LogP contribution in [0.3, 0.4) is 0 Å². The lowest BCUT2D eigenvalue weighted by Gasteiger charge is -2.32. The summed E-state index contributed by atoms with van der Waals surface area (Å²) in [7, 11) is -0.873. The van der Waals surface area contributed by atoms with Gasteiger partial charge in [0.05, 0.1) is 34.7 Å². The van der Waals surface area contributed by atoms with Crippen molar-refractivity contribution in [1.82, 2.24) is 19.4 Å². The molecule has 9 nitrogen and oxygen atoms in total. The summed E-state index contributed by atoms with van der Waals surface area (Å²) in [6, 6.07) is 9.37. The first-order valence-electron chi connectivity index (χ1n) is 19.0. The summed E-state index contributed by atoms with van der Waals surface area (Å²) in [5, 5.41) is 11.3. The van der Waals surface area contributed by atoms with E-state index in [1.165, 1.54) is 23.9 Å². The van der Waals surface area contributed by atoms with Gasteiger partial charge in [0.1, 0.15) is 28.6 Å². The lowest BCUT2D eigenvalue weighted by Crippen LogP contribution is -2.40. The highest BCUT2D eigenvalue weighted by atomic mass is 35.5. The normalized spacial score (nSPS) is 20.6. The molecule has 2 saturated heterocycles. The average Bonchev–Trinajstić information content (AvgIpc) is 3.82. The molecular weight excluding hydrogens is 776 g/mol. The molecule has 6 rings (SSSR count). The van der Waals surface area contributed by atoms with Crippen molar-refractivity contribution in [2.45, 2.75) is 89.1 Å². The van der Waals surface area contributed by atoms with E-state index in [4.69, 9.17) is 26.1 Å². The van der Waals surface area contributed by atoms with Crippen LogP contribution < -0.4 is 0 Å². The summed E-state index contributed by atoms with van der Waals surface area (Å²) in [4.78, 5) is 36.0. The standard InChI is InChI=1S/C42H52ClF2N5O4S2/c1-24-23-49(41(52)54-42(3,4)5)25(2)37(24)50-32(31-16-12-18-48(31)40(51)53-19-20-56(7,8)9)22-29-38(50)28-21-26(13-11-17-46)33(27-14-10-15-30(44)34(27)43)35(45)36(28)47-39(29)55-6/h10,14-15,21-22,24-25,31,37H,11-13,16,18-20,23H2,1-9H3/t24-,25-,31-,37+/m1/s1. The fourth-order valence-corrected chi connectivity index (χ4v) is 9.63. The monoisotopic (exact) mass is 827 g/mol. The molecule has 302 valence electrons. The number of fused-ring (bicyclic) bond motifs is 3. The third-order valence-corrected chi connectivity index (χ3v) is 13.2. The van der Waals surface area contributed by atoms with Crippen LogP contribution in [0.2, 0.25) is 5.02 Å². The molecule has 2 amide bonds. The fourth-order valence-electron chi connectivity index (χ4n) is 8.27. The molecule has 0 radical (unpaired) electrons. The number of nitrogens with zero attached hydrogens (tertiary/aromatic N) is 5. The molecule has 0 bridgehead atoms. The number of hydrogen-bond donors (Lipinski definition) is 0. The Morgan fingerprint density at radius 2 is 1.84 bits per heavy atom. The molecule has 2 aliphatic heterocycles. The molecule has 0 unspecified atom stereocenters. The predicted molar refractivity (Wildman–Crippen MR) is 224 cm³/mol. The molecule has 4 heterocycles. The number of halogens is 3. The Hall–Kier alpha value is -3.73. The zero-order valence-corrected chi connectivity index (χ0v) is 36.1. The number of carbonyl (C=O) groups excluding carboxylic acids is 2. The quantitative estimate of drug-likeness (QED) is 0.155. The Balaban J connectivity index is 1.63. The first-order valence-corrected chi connectivity index (χ1v) is 23.6. The smallest absolute Gasteiger partial charge is 0.410 e. The maximum absolute atomic E-state index is 17.4. The van der Waals surface area contributed by atoms with Crippen molar-refractivity contribution >= 4 is 67.4 Å². The van der Waals surface area contributed by atoms with Gasteiger partial charge in [-0.15, -0.1) is 11.8 Å². The minimum atomic E-state index is -0.873. The second-order valence-electron chi connectivity index (χ2n) is 16.8. The van der Waals surface area contributed by atoms with Crippen LogP contribution in [0.25, 0.3) is 32.9 Å². The van der Waals surface area contributed by atoms with Crippen molar-refractivity contribution in [1.29, 1.82) is 5.26 Å². The van der Waals surface area contributed by atoms with Crippen molar-refractivity contribution in [2.75, 3.05) is 50.5 Å². The number of carbonyl (C=O) groups is 2. The van der Waals surface area contributed by atoms with Gasteiger partial charge < -0.3 is 18.9 Å². The Morgan fingerprint density at radius 3 is 2.50 bits per heavy atom. The number of thioether (sulfide) groups is 1. The maximum Gasteiger partial charge on any atom is 0.410 e. The predicted octanol–water partition coefficient (Wildman–Crippen LogP) is 10.8. The van der Waals surface area contributed by atoms with Crippen LogP contribution in [0.5, 0.6) is 0 Å². The van der Waals surface area contributed by atoms with Gasteiger partial charge in [-0.05, 0) is 102 Å². The molecule has 2 aliphatic rings. The van der Waals surface area contributed by atoms with E-state index in [1.54, 1.807) is 15.9 Å². The highest BCUT2D eigenvalue weighted by Crippen LogP contribution is 2.48. The Morgan fingerprint density at radius 1 is 1.11 bits per heavy atom. The minimum absolute atomic E-state index is 0.0716. The number of aromatic nitrogens is 2. The van der Waals surface area contributed by atoms with Gasteiger partial charge in [0.15, 0.2) is 5.82 Å². The van der Waals surface area contributed by atoms with Gasteiger partial charge >= 0.3 is 12.2 Å². The number of amides is 2. The first-order chi connectivity index (χ1) is 26.4. The molecule has 0 aliphatic carbocycles. The minimum Gasteiger partial charge on any atom is -0.449 e. The molecule has 14 heteroatoms. The number of ether oxygens (including phenoxy) is 2. The third kappa shape index (κ3) is 8.16. The summed E-state index contributed by atoms with van der Waals surface area (Å²) in [5.41, 5.74) is 1.74. The molecule has 4 atom stereocenters. The van der Waals surface area contributed by atoms with E-state index in [1.807, 2.05) is 40.0 Å². The van der Waals surface area contributed by atoms with Crippen molar-refractivity contribution < 1.29 is 27.8 Å². The zero-order chi connectivity index (χ0) is 40.9. The van der Waals surface area contributed by atoms with E-state index >= 15 is 4.39 Å². The van der Waals surface area contributed by atoms with Crippen molar-refractivity contribution in [3.05, 3.63) is 58.2 Å². The van der Waals surface area contributed by atoms with Crippen molar-refractivity contribution in [3.63, 3.8) is 0 Å². The number of benzene rings is 2. The molecule has 0 saturated carbocycles. The zero-order valence-electron chi connectivity index (χ0n) is 33.7. The second-order valence-corrected chi connectivity index (χ2v) is 22.6. The Labute approximate surface area is 339 Å². The molecule has 4 aromatic rings. The van der Waals surface area contributed by atoms with E-state index in [2.05, 4.69) is 42.4 Å². The number of likely N-dealkylation sites (tertiary alicyclic amines) is 2. The van der Waals surface area contributed by atoms with Gasteiger partial charge in [-0.25, -0.2) is 33.4 Å². The highest BCUT2D eigenvalue weighted by Gasteiger charge is 2.45. The second kappa shape index (κ2) is 16.3. The number of pyridine rings is 1. The molecule has 0 N–H and O–H groups in total. The summed E-state index contributed by atoms with van der Waals surface area (Å²) in [5.74, 6) is -0.617. The molecular formula is C42H52ClF2N5O4S2. The molecule has 2 aromatic carbocycles. The van der Waals surface area contributed by atoms with Gasteiger partial charge in [-0.2, -0.15) is 5.26 Å². The van der Waals surface area contributed by atoms with Gasteiger partial charge in [0.2, 0.25) is 0 Å². The summed E-state index contributed by atoms with van der Waals surface area (Å²) < 4.78 is 46.2. The van der Waals surface area contributed by atoms with Gasteiger partial charge in [-0.3, -0.25) is 4.90 Å². The molecule has 0 spiro atoms. The van der Waals surface area contributed by atoms with Crippen LogP contribution in [0, 0.1) is 28.9 Å². The van der Waals surface area contributed by atoms with Crippen LogP contribution in [-0.4, -0.2) is 93.7 Å². The van der Waals surface area contributed by atoms with Crippen molar-refractivity contribution in [2.24, 2.45) is 5.92 Å². The Kier molecular flexibility index (Phi) is 12.2. The van der Waals surface area contributed by atoms with Gasteiger partial charge in [0, 0.05) is 52.9 Å². The van der Waals surface area contributed by atoms with Crippen LogP contribution >= 0.6 is 33.4 Å². The highest BCUT2D eigenvalue weighted by molar-refractivity contribution is 8.32. The van der Waals surface area contributed by atoms with E-state index in [0.29, 0.717) is 42.1 Å². The molecule has 56 heavy (non-hydrogen) atoms. The van der Waals surface area contributed by atoms with E-state index in [9.17, 15) is 19.2 Å². The molecule has 2 fully saturated rings. The summed E-state index contributed by atoms with van der Waals surface area (Å²) >= 11 is 7.86. The van der Waals surface area contributed by atoms with E-state index < -0.39 is 33.4 Å². The van der Waals surface area contributed by atoms with Crippen LogP contribution in [0.4, 0.5) is 18.4 Å². The van der Waals surface area contributed by atoms with E-state index in [0.717, 1.165) is 28.8 Å². The average molecular weight is 828 g/mol. The van der Waals surface area contributed by atoms with Gasteiger partial charge in [-0.1, -0.05) is 30.7 Å². The topological polar surface area (TPSA) is 101 Å². The number of hydrogen-bond acceptors (Lipinski definition) is 7. The first kappa shape index (κ1) is 41.9. The lowest BCUT2D eigenvalue weighted by atomic mass is 9.93. The SMILES string of the molecule is CSc1nc2c(F)c(-c3cccc(F)c3Cl)c(CCC#N)cc2c2c1cc([C@H]1CCCN1C(=O)OCCS(C)(C)C)n2[C@H]1[C@H](C)CN(C(=O)OC(C)(C)C)[C@@H]1C. The third-order valence-electron chi connectivity index (χ3n) is 10.7. The van der Waals surface area contributed by atoms with Gasteiger partial charge in [0.25, 0.3) is 0 Å². The van der Waals surface area contributed by atoms with Crippen LogP contribution in [0.15, 0.2) is 35.4 Å². The number of aryl methyl sites for hydroxylation is 1. The molecule has 2 aromatic heterocycles.